The van der Waals surface area contributed by atoms with Crippen LogP contribution in [0.25, 0.3) is 9.65 Å². The molecule has 0 spiro atoms. The molecule has 0 radical (unpaired) electrons. The van der Waals surface area contributed by atoms with Gasteiger partial charge in [-0.25, -0.2) is 0 Å². The van der Waals surface area contributed by atoms with E-state index in [9.17, 15) is 4.79 Å². The van der Waals surface area contributed by atoms with E-state index in [1.807, 2.05) is 0 Å². The van der Waals surface area contributed by atoms with Crippen LogP contribution in [-0.4, -0.2) is 24.5 Å². The van der Waals surface area contributed by atoms with E-state index in [4.69, 9.17) is 3.98 Å². The fourth-order valence-corrected chi connectivity index (χ4v) is 5.28. The summed E-state index contributed by atoms with van der Waals surface area (Å²) in [7, 11) is 0. The van der Waals surface area contributed by atoms with Crippen molar-refractivity contribution in [2.75, 3.05) is 0 Å². The third-order valence-electron chi connectivity index (χ3n) is 5.14. The Balaban J connectivity index is 1.37. The second-order valence-corrected chi connectivity index (χ2v) is 9.26. The van der Waals surface area contributed by atoms with Crippen LogP contribution in [-0.2, 0) is 11.2 Å². The second-order valence-electron chi connectivity index (χ2n) is 7.57. The maximum atomic E-state index is 10.9. The molecule has 0 atom stereocenters. The maximum absolute atomic E-state index is 10.9. The Labute approximate surface area is 165 Å². The van der Waals surface area contributed by atoms with Crippen LogP contribution in [0.15, 0.2) is 24.3 Å². The quantitative estimate of drug-likeness (QED) is 0.243. The van der Waals surface area contributed by atoms with Crippen LogP contribution in [0.4, 0.5) is 0 Å². The number of hydrogen-bond donors (Lipinski definition) is 0. The Kier molecular flexibility index (Phi) is 10.9. The van der Waals surface area contributed by atoms with Gasteiger partial charge in [-0.15, -0.1) is 0 Å². The van der Waals surface area contributed by atoms with Gasteiger partial charge >= 0.3 is 123 Å². The van der Waals surface area contributed by atoms with Crippen LogP contribution in [0, 0.1) is 0 Å². The zero-order chi connectivity index (χ0) is 18.5. The molecule has 3 heteroatoms. The number of unbranched alkanes of at least 4 members (excludes halogenated alkanes) is 11. The number of aromatic nitrogens is 1. The van der Waals surface area contributed by atoms with Gasteiger partial charge in [-0.05, 0) is 13.3 Å². The van der Waals surface area contributed by atoms with Crippen molar-refractivity contribution in [3.05, 3.63) is 30.0 Å². The van der Waals surface area contributed by atoms with Gasteiger partial charge in [0.25, 0.3) is 0 Å². The summed E-state index contributed by atoms with van der Waals surface area (Å²) in [5.74, 6) is 0.340. The number of nitrogens with zero attached hydrogens (tertiary/aromatic N) is 1. The van der Waals surface area contributed by atoms with Crippen molar-refractivity contribution in [3.63, 3.8) is 0 Å². The number of hydrogen-bond acceptors (Lipinski definition) is 2. The first-order valence-electron chi connectivity index (χ1n) is 10.6. The molecule has 0 fully saturated rings. The molecule has 0 aliphatic carbocycles. The third kappa shape index (κ3) is 8.64. The summed E-state index contributed by atoms with van der Waals surface area (Å²) in [5, 5.41) is 1.42. The molecular formula is C23H35NOSe. The van der Waals surface area contributed by atoms with Crippen LogP contribution in [0.3, 0.4) is 0 Å². The summed E-state index contributed by atoms with van der Waals surface area (Å²) in [6.07, 6.45) is 17.9. The Hall–Kier alpha value is -0.921. The van der Waals surface area contributed by atoms with Gasteiger partial charge in [0.1, 0.15) is 5.78 Å². The SMILES string of the molecule is CC(=O)CCCCCCCCCCCCCCc1n[se]c2ccccc12. The van der Waals surface area contributed by atoms with E-state index in [0.717, 1.165) is 12.8 Å². The summed E-state index contributed by atoms with van der Waals surface area (Å²) >= 11 is 0.333. The van der Waals surface area contributed by atoms with Gasteiger partial charge in [0.15, 0.2) is 0 Å². The molecule has 0 saturated heterocycles. The van der Waals surface area contributed by atoms with Crippen LogP contribution >= 0.6 is 0 Å². The first-order valence-corrected chi connectivity index (χ1v) is 12.2. The van der Waals surface area contributed by atoms with Gasteiger partial charge in [0.2, 0.25) is 0 Å². The second kappa shape index (κ2) is 13.3. The number of benzene rings is 1. The Morgan fingerprint density at radius 1 is 0.808 bits per heavy atom. The van der Waals surface area contributed by atoms with E-state index in [2.05, 4.69) is 24.3 Å². The fourth-order valence-electron chi connectivity index (χ4n) is 3.55. The summed E-state index contributed by atoms with van der Waals surface area (Å²) < 4.78 is 6.24. The molecule has 0 amide bonds. The van der Waals surface area contributed by atoms with E-state index >= 15 is 0 Å². The van der Waals surface area contributed by atoms with Crippen LogP contribution in [0.2, 0.25) is 0 Å². The molecule has 2 aromatic rings. The third-order valence-corrected chi connectivity index (χ3v) is 6.96. The topological polar surface area (TPSA) is 30.0 Å². The monoisotopic (exact) mass is 421 g/mol. The molecule has 0 unspecified atom stereocenters. The predicted molar refractivity (Wildman–Crippen MR) is 113 cm³/mol. The molecule has 0 aliphatic rings. The molecule has 0 N–H and O–H groups in total. The van der Waals surface area contributed by atoms with E-state index in [0.29, 0.717) is 20.5 Å². The van der Waals surface area contributed by atoms with E-state index in [1.165, 1.54) is 92.4 Å². The number of carbonyl (C=O) groups excluding carboxylic acids is 1. The van der Waals surface area contributed by atoms with Gasteiger partial charge in [0, 0.05) is 6.42 Å². The van der Waals surface area contributed by atoms with Gasteiger partial charge in [-0.2, -0.15) is 0 Å². The molecule has 2 nitrogen and oxygen atoms in total. The van der Waals surface area contributed by atoms with Gasteiger partial charge < -0.3 is 4.79 Å². The van der Waals surface area contributed by atoms with Crippen molar-refractivity contribution >= 4 is 30.2 Å². The standard InChI is InChI=1S/C23H35NOSe/c1-20(25)16-12-10-8-6-4-2-3-5-7-9-11-13-18-22-21-17-14-15-19-23(21)26-24-22/h14-15,17,19H,2-13,16,18H2,1H3. The van der Waals surface area contributed by atoms with E-state index < -0.39 is 0 Å². The van der Waals surface area contributed by atoms with Gasteiger partial charge in [-0.1, -0.05) is 12.8 Å². The minimum absolute atomic E-state index is 0.333. The van der Waals surface area contributed by atoms with Crippen molar-refractivity contribution in [2.45, 2.75) is 96.8 Å². The van der Waals surface area contributed by atoms with Crippen LogP contribution in [0.5, 0.6) is 0 Å². The normalized spacial score (nSPS) is 11.3. The van der Waals surface area contributed by atoms with Crippen molar-refractivity contribution in [2.24, 2.45) is 0 Å². The fraction of sp³-hybridized carbons (Fsp3) is 0.652. The Bertz CT molecular complexity index is 634. The Morgan fingerprint density at radius 2 is 1.35 bits per heavy atom. The predicted octanol–water partition coefficient (Wildman–Crippen LogP) is 6.49. The zero-order valence-electron chi connectivity index (χ0n) is 16.5. The van der Waals surface area contributed by atoms with Crippen LogP contribution < -0.4 is 0 Å². The molecular weight excluding hydrogens is 385 g/mol. The number of aryl methyl sites for hydroxylation is 1. The van der Waals surface area contributed by atoms with Crippen LogP contribution in [0.1, 0.15) is 96.1 Å². The number of fused-ring (bicyclic) bond motifs is 1. The van der Waals surface area contributed by atoms with E-state index in [1.54, 1.807) is 6.92 Å². The molecule has 26 heavy (non-hydrogen) atoms. The molecule has 2 rings (SSSR count). The molecule has 0 aliphatic heterocycles. The molecule has 0 saturated carbocycles. The molecule has 0 bridgehead atoms. The number of ketones is 1. The summed E-state index contributed by atoms with van der Waals surface area (Å²) in [4.78, 5) is 10.9. The number of carbonyl (C=O) groups is 1. The molecule has 1 aromatic carbocycles. The zero-order valence-corrected chi connectivity index (χ0v) is 18.2. The molecule has 1 heterocycles. The molecule has 1 aromatic heterocycles. The van der Waals surface area contributed by atoms with Crippen molar-refractivity contribution < 1.29 is 4.79 Å². The number of Topliss-reactive ketones (excluding diaryl/α,β-unsaturated/α-hetero) is 1. The number of rotatable bonds is 15. The minimum atomic E-state index is 0.333. The van der Waals surface area contributed by atoms with Crippen molar-refractivity contribution in [1.82, 2.24) is 3.98 Å². The average Bonchev–Trinajstić information content (AvgIpc) is 3.05. The molecule has 144 valence electrons. The van der Waals surface area contributed by atoms with Crippen molar-refractivity contribution in [3.8, 4) is 0 Å². The first kappa shape index (κ1) is 21.4. The van der Waals surface area contributed by atoms with E-state index in [-0.39, 0.29) is 0 Å². The van der Waals surface area contributed by atoms with Crippen molar-refractivity contribution in [1.29, 1.82) is 0 Å². The van der Waals surface area contributed by atoms with Gasteiger partial charge in [-0.3, -0.25) is 0 Å². The summed E-state index contributed by atoms with van der Waals surface area (Å²) in [6, 6.07) is 8.75. The van der Waals surface area contributed by atoms with Gasteiger partial charge in [0.05, 0.1) is 0 Å². The Morgan fingerprint density at radius 3 is 1.96 bits per heavy atom. The first-order chi connectivity index (χ1) is 12.8. The summed E-state index contributed by atoms with van der Waals surface area (Å²) in [6.45, 7) is 1.70. The summed E-state index contributed by atoms with van der Waals surface area (Å²) in [5.41, 5.74) is 1.36. The average molecular weight is 420 g/mol.